The fraction of sp³-hybridized carbons (Fsp3) is 0.700. The van der Waals surface area contributed by atoms with Crippen molar-refractivity contribution in [2.75, 3.05) is 42.8 Å². The topological polar surface area (TPSA) is 72.0 Å². The zero-order chi connectivity index (χ0) is 12.5. The number of thioether (sulfide) groups is 1. The molecule has 96 valence electrons. The van der Waals surface area contributed by atoms with Gasteiger partial charge in [-0.25, -0.2) is 0 Å². The first kappa shape index (κ1) is 13.8. The van der Waals surface area contributed by atoms with Crippen molar-refractivity contribution in [2.45, 2.75) is 13.3 Å². The molecule has 0 aliphatic rings. The van der Waals surface area contributed by atoms with Gasteiger partial charge in [-0.15, -0.1) is 0 Å². The minimum Gasteiger partial charge on any atom is -0.467 e. The third-order valence-electron chi connectivity index (χ3n) is 1.97. The summed E-state index contributed by atoms with van der Waals surface area (Å²) in [6.45, 7) is 3.01. The Morgan fingerprint density at radius 1 is 1.24 bits per heavy atom. The Balaban J connectivity index is 2.46. The quantitative estimate of drug-likeness (QED) is 0.683. The van der Waals surface area contributed by atoms with Crippen LogP contribution in [0.1, 0.15) is 13.3 Å². The molecule has 17 heavy (non-hydrogen) atoms. The summed E-state index contributed by atoms with van der Waals surface area (Å²) in [5.74, 6) is 3.35. The third-order valence-corrected chi connectivity index (χ3v) is 2.96. The molecule has 0 unspecified atom stereocenters. The van der Waals surface area contributed by atoms with Gasteiger partial charge in [0.1, 0.15) is 0 Å². The van der Waals surface area contributed by atoms with Crippen LogP contribution in [0.2, 0.25) is 0 Å². The lowest BCUT2D eigenvalue weighted by molar-refractivity contribution is 0.379. The highest BCUT2D eigenvalue weighted by Crippen LogP contribution is 2.10. The first-order valence-corrected chi connectivity index (χ1v) is 6.75. The molecule has 1 aromatic rings. The van der Waals surface area contributed by atoms with Crippen molar-refractivity contribution in [3.05, 3.63) is 0 Å². The number of anilines is 2. The van der Waals surface area contributed by atoms with Crippen molar-refractivity contribution in [1.29, 1.82) is 0 Å². The smallest absolute Gasteiger partial charge is 0.322 e. The minimum absolute atomic E-state index is 0.315. The van der Waals surface area contributed by atoms with E-state index in [4.69, 9.17) is 4.74 Å². The molecular weight excluding hydrogens is 238 g/mol. The van der Waals surface area contributed by atoms with Gasteiger partial charge in [-0.05, 0) is 17.9 Å². The Morgan fingerprint density at radius 3 is 2.65 bits per heavy atom. The summed E-state index contributed by atoms with van der Waals surface area (Å²) in [6.07, 6.45) is 1.08. The standard InChI is InChI=1S/C10H19N5OS/c1-4-17-7-5-6-12-9-13-8(11-2)14-10(15-9)16-3/h4-7H2,1-3H3,(H2,11,12,13,14,15). The van der Waals surface area contributed by atoms with Gasteiger partial charge in [0.25, 0.3) is 0 Å². The van der Waals surface area contributed by atoms with Crippen LogP contribution < -0.4 is 15.4 Å². The van der Waals surface area contributed by atoms with Gasteiger partial charge in [-0.1, -0.05) is 6.92 Å². The van der Waals surface area contributed by atoms with Crippen molar-refractivity contribution >= 4 is 23.7 Å². The maximum Gasteiger partial charge on any atom is 0.322 e. The van der Waals surface area contributed by atoms with E-state index in [9.17, 15) is 0 Å². The van der Waals surface area contributed by atoms with Crippen LogP contribution in [0.5, 0.6) is 6.01 Å². The van der Waals surface area contributed by atoms with Crippen molar-refractivity contribution in [2.24, 2.45) is 0 Å². The van der Waals surface area contributed by atoms with Crippen LogP contribution in [0, 0.1) is 0 Å². The molecule has 0 bridgehead atoms. The summed E-state index contributed by atoms with van der Waals surface area (Å²) < 4.78 is 5.00. The third kappa shape index (κ3) is 5.08. The molecule has 0 radical (unpaired) electrons. The van der Waals surface area contributed by atoms with Crippen molar-refractivity contribution in [3.8, 4) is 6.01 Å². The van der Waals surface area contributed by atoms with Gasteiger partial charge < -0.3 is 15.4 Å². The molecule has 0 saturated heterocycles. The summed E-state index contributed by atoms with van der Waals surface area (Å²) in [7, 11) is 3.30. The highest BCUT2D eigenvalue weighted by Gasteiger charge is 2.04. The van der Waals surface area contributed by atoms with Crippen LogP contribution in [0.15, 0.2) is 0 Å². The monoisotopic (exact) mass is 257 g/mol. The molecule has 0 spiro atoms. The van der Waals surface area contributed by atoms with Gasteiger partial charge in [0.2, 0.25) is 11.9 Å². The number of ether oxygens (including phenoxy) is 1. The van der Waals surface area contributed by atoms with E-state index in [-0.39, 0.29) is 0 Å². The van der Waals surface area contributed by atoms with Crippen molar-refractivity contribution in [3.63, 3.8) is 0 Å². The van der Waals surface area contributed by atoms with E-state index in [2.05, 4.69) is 32.5 Å². The number of nitrogens with zero attached hydrogens (tertiary/aromatic N) is 3. The molecule has 0 amide bonds. The molecular formula is C10H19N5OS. The second-order valence-corrected chi connectivity index (χ2v) is 4.59. The number of methoxy groups -OCH3 is 1. The van der Waals surface area contributed by atoms with E-state index in [1.165, 1.54) is 7.11 Å². The minimum atomic E-state index is 0.315. The lowest BCUT2D eigenvalue weighted by Gasteiger charge is -2.07. The van der Waals surface area contributed by atoms with E-state index >= 15 is 0 Å². The normalized spacial score (nSPS) is 10.1. The van der Waals surface area contributed by atoms with Gasteiger partial charge in [0, 0.05) is 13.6 Å². The van der Waals surface area contributed by atoms with Gasteiger partial charge >= 0.3 is 6.01 Å². The molecule has 0 saturated carbocycles. The second kappa shape index (κ2) is 7.94. The van der Waals surface area contributed by atoms with E-state index in [1.54, 1.807) is 7.05 Å². The van der Waals surface area contributed by atoms with E-state index in [0.717, 1.165) is 24.5 Å². The zero-order valence-corrected chi connectivity index (χ0v) is 11.3. The van der Waals surface area contributed by atoms with Crippen molar-refractivity contribution < 1.29 is 4.74 Å². The zero-order valence-electron chi connectivity index (χ0n) is 10.5. The van der Waals surface area contributed by atoms with E-state index in [1.807, 2.05) is 11.8 Å². The molecule has 0 fully saturated rings. The van der Waals surface area contributed by atoms with Gasteiger partial charge in [0.15, 0.2) is 0 Å². The Labute approximate surface area is 106 Å². The molecule has 1 heterocycles. The lowest BCUT2D eigenvalue weighted by atomic mass is 10.5. The number of rotatable bonds is 8. The van der Waals surface area contributed by atoms with E-state index in [0.29, 0.717) is 17.9 Å². The number of nitrogens with one attached hydrogen (secondary N) is 2. The average Bonchev–Trinajstić information content (AvgIpc) is 2.38. The molecule has 7 heteroatoms. The summed E-state index contributed by atoms with van der Waals surface area (Å²) >= 11 is 1.93. The summed E-state index contributed by atoms with van der Waals surface area (Å²) in [6, 6.07) is 0.315. The summed E-state index contributed by atoms with van der Waals surface area (Å²) in [5, 5.41) is 6.02. The van der Waals surface area contributed by atoms with Gasteiger partial charge in [-0.3, -0.25) is 0 Å². The summed E-state index contributed by atoms with van der Waals surface area (Å²) in [4.78, 5) is 12.3. The van der Waals surface area contributed by atoms with Crippen LogP contribution in [0.3, 0.4) is 0 Å². The maximum atomic E-state index is 5.00. The van der Waals surface area contributed by atoms with Crippen molar-refractivity contribution in [1.82, 2.24) is 15.0 Å². The van der Waals surface area contributed by atoms with Crippen LogP contribution in [0.4, 0.5) is 11.9 Å². The second-order valence-electron chi connectivity index (χ2n) is 3.20. The Kier molecular flexibility index (Phi) is 6.46. The Bertz CT molecular complexity index is 314. The lowest BCUT2D eigenvalue weighted by Crippen LogP contribution is -2.10. The fourth-order valence-corrected chi connectivity index (χ4v) is 1.79. The number of hydrogen-bond acceptors (Lipinski definition) is 7. The summed E-state index contributed by atoms with van der Waals surface area (Å²) in [5.41, 5.74) is 0. The molecule has 0 aliphatic heterocycles. The van der Waals surface area contributed by atoms with E-state index < -0.39 is 0 Å². The predicted octanol–water partition coefficient (Wildman–Crippen LogP) is 1.48. The van der Waals surface area contributed by atoms with Crippen LogP contribution in [-0.2, 0) is 0 Å². The number of hydrogen-bond donors (Lipinski definition) is 2. The predicted molar refractivity (Wildman–Crippen MR) is 72.0 cm³/mol. The maximum absolute atomic E-state index is 5.00. The highest BCUT2D eigenvalue weighted by atomic mass is 32.2. The fourth-order valence-electron chi connectivity index (χ4n) is 1.16. The molecule has 6 nitrogen and oxygen atoms in total. The molecule has 0 aliphatic carbocycles. The average molecular weight is 257 g/mol. The largest absolute Gasteiger partial charge is 0.467 e. The Morgan fingerprint density at radius 2 is 2.00 bits per heavy atom. The molecule has 2 N–H and O–H groups in total. The SMILES string of the molecule is CCSCCCNc1nc(NC)nc(OC)n1. The molecule has 1 rings (SSSR count). The first-order valence-electron chi connectivity index (χ1n) is 5.59. The first-order chi connectivity index (χ1) is 8.30. The molecule has 1 aromatic heterocycles. The highest BCUT2D eigenvalue weighted by molar-refractivity contribution is 7.99. The Hall–Kier alpha value is -1.24. The number of aromatic nitrogens is 3. The van der Waals surface area contributed by atoms with Crippen LogP contribution in [0.25, 0.3) is 0 Å². The molecule has 0 atom stereocenters. The molecule has 0 aromatic carbocycles. The van der Waals surface area contributed by atoms with Crippen LogP contribution in [-0.4, -0.2) is 47.2 Å². The van der Waals surface area contributed by atoms with Crippen LogP contribution >= 0.6 is 11.8 Å². The van der Waals surface area contributed by atoms with Gasteiger partial charge in [0.05, 0.1) is 7.11 Å². The van der Waals surface area contributed by atoms with Gasteiger partial charge in [-0.2, -0.15) is 26.7 Å².